The lowest BCUT2D eigenvalue weighted by molar-refractivity contribution is 0.0949. The number of benzene rings is 1. The summed E-state index contributed by atoms with van der Waals surface area (Å²) in [7, 11) is 0. The number of aromatic nitrogens is 3. The highest BCUT2D eigenvalue weighted by Crippen LogP contribution is 2.23. The van der Waals surface area contributed by atoms with Crippen molar-refractivity contribution in [1.82, 2.24) is 20.4 Å². The Labute approximate surface area is 183 Å². The normalized spacial score (nSPS) is 13.8. The van der Waals surface area contributed by atoms with Crippen LogP contribution in [0.3, 0.4) is 0 Å². The monoisotopic (exact) mass is 436 g/mol. The second-order valence-corrected chi connectivity index (χ2v) is 7.07. The summed E-state index contributed by atoms with van der Waals surface area (Å²) in [6.07, 6.45) is 5.27. The minimum absolute atomic E-state index is 0.0531. The van der Waals surface area contributed by atoms with Crippen LogP contribution in [-0.4, -0.2) is 58.0 Å². The Morgan fingerprint density at radius 2 is 2.16 bits per heavy atom. The Morgan fingerprint density at radius 1 is 1.31 bits per heavy atom. The number of pyridine rings is 1. The molecule has 10 heteroatoms. The van der Waals surface area contributed by atoms with Gasteiger partial charge in [0.25, 0.3) is 5.91 Å². The first kappa shape index (κ1) is 21.3. The van der Waals surface area contributed by atoms with E-state index in [0.29, 0.717) is 36.8 Å². The molecule has 1 saturated heterocycles. The van der Waals surface area contributed by atoms with E-state index in [1.165, 1.54) is 24.7 Å². The lowest BCUT2D eigenvalue weighted by atomic mass is 10.1. The van der Waals surface area contributed by atoms with E-state index in [9.17, 15) is 14.3 Å². The van der Waals surface area contributed by atoms with Gasteiger partial charge in [-0.05, 0) is 31.2 Å². The molecule has 2 aromatic heterocycles. The van der Waals surface area contributed by atoms with Crippen molar-refractivity contribution in [2.75, 3.05) is 24.6 Å². The van der Waals surface area contributed by atoms with Crippen LogP contribution >= 0.6 is 0 Å². The van der Waals surface area contributed by atoms with Gasteiger partial charge in [-0.15, -0.1) is 0 Å². The molecule has 3 heterocycles. The molecule has 0 atom stereocenters. The first-order chi connectivity index (χ1) is 15.5. The molecule has 0 unspecified atom stereocenters. The van der Waals surface area contributed by atoms with Gasteiger partial charge in [-0.2, -0.15) is 5.10 Å². The third kappa shape index (κ3) is 4.86. The van der Waals surface area contributed by atoms with Crippen LogP contribution in [0.25, 0.3) is 11.3 Å². The van der Waals surface area contributed by atoms with Crippen molar-refractivity contribution in [3.63, 3.8) is 0 Å². The molecule has 164 valence electrons. The predicted molar refractivity (Wildman–Crippen MR) is 116 cm³/mol. The largest absolute Gasteiger partial charge is 0.478 e. The van der Waals surface area contributed by atoms with Crippen molar-refractivity contribution >= 4 is 17.8 Å². The van der Waals surface area contributed by atoms with Gasteiger partial charge in [0.1, 0.15) is 11.5 Å². The zero-order chi connectivity index (χ0) is 22.5. The topological polar surface area (TPSA) is 113 Å². The summed E-state index contributed by atoms with van der Waals surface area (Å²) in [6.45, 7) is 3.38. The number of hydrogen-bond donors (Lipinski definition) is 2. The molecule has 0 bridgehead atoms. The van der Waals surface area contributed by atoms with Gasteiger partial charge in [-0.25, -0.2) is 19.8 Å². The van der Waals surface area contributed by atoms with E-state index in [0.717, 1.165) is 5.69 Å². The average Bonchev–Trinajstić information content (AvgIpc) is 2.79. The molecular weight excluding hydrogens is 415 g/mol. The van der Waals surface area contributed by atoms with E-state index in [4.69, 9.17) is 4.74 Å². The number of ether oxygens (including phenoxy) is 1. The number of carbonyl (C=O) groups is 1. The molecule has 1 amide bonds. The smallest absolute Gasteiger partial charge is 0.291 e. The number of β-amino-alcohol motifs (C(OH)–C–C–N with tert-alkyl or cyclic N) is 1. The minimum atomic E-state index is -0.586. The molecular formula is C22H21FN6O3. The van der Waals surface area contributed by atoms with Gasteiger partial charge in [0.05, 0.1) is 37.0 Å². The number of amides is 1. The van der Waals surface area contributed by atoms with Crippen LogP contribution < -0.4 is 15.1 Å². The fourth-order valence-electron chi connectivity index (χ4n) is 3.09. The van der Waals surface area contributed by atoms with Crippen LogP contribution in [0.1, 0.15) is 23.0 Å². The number of nitrogens with zero attached hydrogens (tertiary/aromatic N) is 5. The van der Waals surface area contributed by atoms with Crippen LogP contribution in [-0.2, 0) is 0 Å². The van der Waals surface area contributed by atoms with Crippen LogP contribution in [0.5, 0.6) is 5.88 Å². The quantitative estimate of drug-likeness (QED) is 0.430. The first-order valence-electron chi connectivity index (χ1n) is 10.0. The van der Waals surface area contributed by atoms with E-state index in [1.54, 1.807) is 30.5 Å². The maximum absolute atomic E-state index is 14.1. The second-order valence-electron chi connectivity index (χ2n) is 7.07. The third-order valence-electron chi connectivity index (χ3n) is 4.77. The molecule has 0 radical (unpaired) electrons. The van der Waals surface area contributed by atoms with E-state index in [-0.39, 0.29) is 17.4 Å². The Balaban J connectivity index is 1.43. The van der Waals surface area contributed by atoms with Crippen LogP contribution in [0.2, 0.25) is 0 Å². The summed E-state index contributed by atoms with van der Waals surface area (Å²) in [5.41, 5.74) is 4.51. The van der Waals surface area contributed by atoms with Crippen LogP contribution in [0.4, 0.5) is 10.1 Å². The highest BCUT2D eigenvalue weighted by Gasteiger charge is 2.24. The Hall–Kier alpha value is -3.92. The SMILES string of the molecule is CCOc1ccc(-c2cncc(C(=O)N/N=C/c3cc(N4CC(O)C4)ccc3F)n2)cn1. The fourth-order valence-corrected chi connectivity index (χ4v) is 3.09. The van der Waals surface area contributed by atoms with Gasteiger partial charge in [0.2, 0.25) is 5.88 Å². The highest BCUT2D eigenvalue weighted by atomic mass is 19.1. The molecule has 1 aliphatic heterocycles. The van der Waals surface area contributed by atoms with Gasteiger partial charge >= 0.3 is 0 Å². The molecule has 1 aliphatic rings. The van der Waals surface area contributed by atoms with Crippen LogP contribution in [0.15, 0.2) is 54.0 Å². The number of rotatable bonds is 7. The summed E-state index contributed by atoms with van der Waals surface area (Å²) < 4.78 is 19.4. The third-order valence-corrected chi connectivity index (χ3v) is 4.77. The number of nitrogens with one attached hydrogen (secondary N) is 1. The van der Waals surface area contributed by atoms with E-state index in [2.05, 4.69) is 25.5 Å². The molecule has 3 aromatic rings. The summed E-state index contributed by atoms with van der Waals surface area (Å²) in [5, 5.41) is 13.3. The zero-order valence-electron chi connectivity index (χ0n) is 17.3. The molecule has 4 rings (SSSR count). The Kier molecular flexibility index (Phi) is 6.31. The van der Waals surface area contributed by atoms with Crippen molar-refractivity contribution in [3.8, 4) is 17.1 Å². The summed E-state index contributed by atoms with van der Waals surface area (Å²) in [4.78, 5) is 26.9. The van der Waals surface area contributed by atoms with Gasteiger partial charge in [-0.3, -0.25) is 9.78 Å². The van der Waals surface area contributed by atoms with Gasteiger partial charge in [-0.1, -0.05) is 0 Å². The summed E-state index contributed by atoms with van der Waals surface area (Å²) >= 11 is 0. The van der Waals surface area contributed by atoms with Gasteiger partial charge < -0.3 is 14.7 Å². The molecule has 1 aromatic carbocycles. The molecule has 0 aliphatic carbocycles. The van der Waals surface area contributed by atoms with Crippen molar-refractivity contribution in [1.29, 1.82) is 0 Å². The van der Waals surface area contributed by atoms with E-state index >= 15 is 0 Å². The number of anilines is 1. The van der Waals surface area contributed by atoms with Crippen molar-refractivity contribution in [2.24, 2.45) is 5.10 Å². The maximum Gasteiger partial charge on any atom is 0.291 e. The lowest BCUT2D eigenvalue weighted by Gasteiger charge is -2.38. The molecule has 2 N–H and O–H groups in total. The average molecular weight is 436 g/mol. The van der Waals surface area contributed by atoms with Crippen molar-refractivity contribution in [3.05, 3.63) is 66.0 Å². The summed E-state index contributed by atoms with van der Waals surface area (Å²) in [5.74, 6) is -0.566. The zero-order valence-corrected chi connectivity index (χ0v) is 17.3. The maximum atomic E-state index is 14.1. The standard InChI is InChI=1S/C22H21FN6O3/c1-2-32-21-6-3-14(8-25-21)19-10-24-11-20(27-19)22(31)28-26-9-15-7-16(4-5-18(15)23)29-12-17(30)13-29/h3-11,17,30H,2,12-13H2,1H3,(H,28,31)/b26-9+. The van der Waals surface area contributed by atoms with E-state index < -0.39 is 11.7 Å². The van der Waals surface area contributed by atoms with Crippen LogP contribution in [0, 0.1) is 5.82 Å². The number of hydrogen-bond acceptors (Lipinski definition) is 8. The van der Waals surface area contributed by atoms with E-state index in [1.807, 2.05) is 11.8 Å². The molecule has 1 fully saturated rings. The molecule has 32 heavy (non-hydrogen) atoms. The van der Waals surface area contributed by atoms with Gasteiger partial charge in [0.15, 0.2) is 0 Å². The highest BCUT2D eigenvalue weighted by molar-refractivity contribution is 5.93. The molecule has 0 spiro atoms. The van der Waals surface area contributed by atoms with Gasteiger partial charge in [0, 0.05) is 42.2 Å². The number of halogens is 1. The first-order valence-corrected chi connectivity index (χ1v) is 10.0. The fraction of sp³-hybridized carbons (Fsp3) is 0.227. The lowest BCUT2D eigenvalue weighted by Crippen LogP contribution is -2.50. The second kappa shape index (κ2) is 9.48. The minimum Gasteiger partial charge on any atom is -0.478 e. The molecule has 9 nitrogen and oxygen atoms in total. The number of hydrazone groups is 1. The van der Waals surface area contributed by atoms with Crippen molar-refractivity contribution in [2.45, 2.75) is 13.0 Å². The predicted octanol–water partition coefficient (Wildman–Crippen LogP) is 2.02. The number of aliphatic hydroxyl groups is 1. The van der Waals surface area contributed by atoms with Crippen molar-refractivity contribution < 1.29 is 19.0 Å². The Morgan fingerprint density at radius 3 is 2.88 bits per heavy atom. The summed E-state index contributed by atoms with van der Waals surface area (Å²) in [6, 6.07) is 8.04. The molecule has 0 saturated carbocycles. The Bertz CT molecular complexity index is 1130. The number of carbonyl (C=O) groups excluding carboxylic acids is 1. The number of aliphatic hydroxyl groups excluding tert-OH is 1.